The SMILES string of the molecule is Cc1ccc(-c2cs/c(=N/NC(=O)/C(C#N)=N/Nc3ccccc3)n2-c2ccccc2)cc1. The third kappa shape index (κ3) is 5.23. The van der Waals surface area contributed by atoms with E-state index < -0.39 is 5.91 Å². The first-order valence-corrected chi connectivity index (χ1v) is 11.0. The number of anilines is 1. The number of aryl methyl sites for hydroxylation is 1. The molecule has 0 spiro atoms. The van der Waals surface area contributed by atoms with Crippen LogP contribution in [0.2, 0.25) is 0 Å². The number of para-hydroxylation sites is 2. The maximum atomic E-state index is 12.5. The summed E-state index contributed by atoms with van der Waals surface area (Å²) in [5, 5.41) is 19.5. The van der Waals surface area contributed by atoms with Gasteiger partial charge in [0.1, 0.15) is 6.07 Å². The predicted octanol–water partition coefficient (Wildman–Crippen LogP) is 4.44. The molecule has 0 aliphatic rings. The van der Waals surface area contributed by atoms with Gasteiger partial charge >= 0.3 is 5.91 Å². The summed E-state index contributed by atoms with van der Waals surface area (Å²) in [6.45, 7) is 2.04. The van der Waals surface area contributed by atoms with Gasteiger partial charge in [-0.15, -0.1) is 16.4 Å². The van der Waals surface area contributed by atoms with E-state index in [1.54, 1.807) is 18.2 Å². The number of hydrogen-bond donors (Lipinski definition) is 2. The van der Waals surface area contributed by atoms with Crippen LogP contribution in [0.1, 0.15) is 5.56 Å². The van der Waals surface area contributed by atoms with Crippen LogP contribution in [0.4, 0.5) is 5.69 Å². The molecule has 2 N–H and O–H groups in total. The van der Waals surface area contributed by atoms with Gasteiger partial charge in [0.15, 0.2) is 0 Å². The van der Waals surface area contributed by atoms with Gasteiger partial charge in [-0.2, -0.15) is 10.4 Å². The van der Waals surface area contributed by atoms with E-state index in [1.165, 1.54) is 16.9 Å². The lowest BCUT2D eigenvalue weighted by Gasteiger charge is -2.09. The molecule has 0 fully saturated rings. The van der Waals surface area contributed by atoms with Crippen LogP contribution < -0.4 is 15.7 Å². The molecular formula is C25H20N6OS. The summed E-state index contributed by atoms with van der Waals surface area (Å²) in [4.78, 5) is 13.1. The van der Waals surface area contributed by atoms with Crippen LogP contribution in [0.3, 0.4) is 0 Å². The van der Waals surface area contributed by atoms with Crippen molar-refractivity contribution < 1.29 is 4.79 Å². The summed E-state index contributed by atoms with van der Waals surface area (Å²) in [6, 6.07) is 28.8. The number of rotatable bonds is 6. The Hall–Kier alpha value is -4.48. The number of hydrogen-bond acceptors (Lipinski definition) is 6. The Morgan fingerprint density at radius 1 is 0.970 bits per heavy atom. The molecule has 0 bridgehead atoms. The van der Waals surface area contributed by atoms with Crippen molar-refractivity contribution in [1.82, 2.24) is 9.99 Å². The van der Waals surface area contributed by atoms with Crippen molar-refractivity contribution in [2.24, 2.45) is 10.2 Å². The molecule has 3 aromatic carbocycles. The topological polar surface area (TPSA) is 94.6 Å². The Bertz CT molecular complexity index is 1380. The summed E-state index contributed by atoms with van der Waals surface area (Å²) in [5.74, 6) is -0.703. The molecule has 162 valence electrons. The molecule has 7 nitrogen and oxygen atoms in total. The molecule has 0 unspecified atom stereocenters. The van der Waals surface area contributed by atoms with Gasteiger partial charge in [-0.05, 0) is 36.8 Å². The quantitative estimate of drug-likeness (QED) is 0.335. The monoisotopic (exact) mass is 452 g/mol. The summed E-state index contributed by atoms with van der Waals surface area (Å²) < 4.78 is 1.96. The largest absolute Gasteiger partial charge is 0.302 e. The summed E-state index contributed by atoms with van der Waals surface area (Å²) in [6.07, 6.45) is 0. The van der Waals surface area contributed by atoms with Gasteiger partial charge in [-0.25, -0.2) is 5.43 Å². The smallest absolute Gasteiger partial charge is 0.284 e. The fourth-order valence-electron chi connectivity index (χ4n) is 3.05. The Kier molecular flexibility index (Phi) is 6.73. The van der Waals surface area contributed by atoms with Crippen LogP contribution in [0.25, 0.3) is 16.9 Å². The number of amides is 1. The number of carbonyl (C=O) groups is 1. The number of nitriles is 1. The zero-order valence-electron chi connectivity index (χ0n) is 17.8. The molecule has 1 aromatic heterocycles. The summed E-state index contributed by atoms with van der Waals surface area (Å²) in [7, 11) is 0. The Labute approximate surface area is 195 Å². The lowest BCUT2D eigenvalue weighted by atomic mass is 10.1. The fraction of sp³-hybridized carbons (Fsp3) is 0.0400. The first-order chi connectivity index (χ1) is 16.2. The summed E-state index contributed by atoms with van der Waals surface area (Å²) in [5.41, 5.74) is 9.54. The van der Waals surface area contributed by atoms with Crippen molar-refractivity contribution in [1.29, 1.82) is 5.26 Å². The van der Waals surface area contributed by atoms with Crippen LogP contribution >= 0.6 is 11.3 Å². The van der Waals surface area contributed by atoms with Gasteiger partial charge < -0.3 is 0 Å². The van der Waals surface area contributed by atoms with E-state index in [0.717, 1.165) is 16.9 Å². The van der Waals surface area contributed by atoms with E-state index in [9.17, 15) is 10.1 Å². The summed E-state index contributed by atoms with van der Waals surface area (Å²) >= 11 is 1.38. The average molecular weight is 453 g/mol. The molecule has 0 aliphatic heterocycles. The maximum absolute atomic E-state index is 12.5. The van der Waals surface area contributed by atoms with Crippen LogP contribution in [0.15, 0.2) is 101 Å². The van der Waals surface area contributed by atoms with Crippen LogP contribution in [0, 0.1) is 18.3 Å². The van der Waals surface area contributed by atoms with E-state index in [2.05, 4.69) is 45.3 Å². The zero-order valence-corrected chi connectivity index (χ0v) is 18.6. The first-order valence-electron chi connectivity index (χ1n) is 10.1. The van der Waals surface area contributed by atoms with Crippen molar-refractivity contribution in [2.75, 3.05) is 5.43 Å². The van der Waals surface area contributed by atoms with Crippen LogP contribution in [-0.2, 0) is 4.79 Å². The molecule has 0 aliphatic carbocycles. The minimum atomic E-state index is -0.703. The van der Waals surface area contributed by atoms with Gasteiger partial charge in [0.25, 0.3) is 0 Å². The minimum Gasteiger partial charge on any atom is -0.284 e. The van der Waals surface area contributed by atoms with Gasteiger partial charge in [0.05, 0.1) is 11.4 Å². The average Bonchev–Trinajstić information content (AvgIpc) is 3.28. The Morgan fingerprint density at radius 3 is 2.30 bits per heavy atom. The predicted molar refractivity (Wildman–Crippen MR) is 131 cm³/mol. The number of nitrogens with zero attached hydrogens (tertiary/aromatic N) is 4. The van der Waals surface area contributed by atoms with Crippen molar-refractivity contribution in [3.63, 3.8) is 0 Å². The Morgan fingerprint density at radius 2 is 1.64 bits per heavy atom. The standard InChI is InChI=1S/C25H20N6OS/c1-18-12-14-19(15-13-18)23-17-33-25(31(23)21-10-6-3-7-11-21)30-29-24(32)22(16-26)28-27-20-8-4-2-5-9-20/h2-15,17,27H,1H3,(H,29,32)/b28-22+,30-25+. The van der Waals surface area contributed by atoms with E-state index >= 15 is 0 Å². The minimum absolute atomic E-state index is 0.329. The van der Waals surface area contributed by atoms with E-state index in [1.807, 2.05) is 65.4 Å². The highest BCUT2D eigenvalue weighted by Gasteiger charge is 2.13. The van der Waals surface area contributed by atoms with Gasteiger partial charge in [0, 0.05) is 11.1 Å². The molecule has 33 heavy (non-hydrogen) atoms. The highest BCUT2D eigenvalue weighted by Crippen LogP contribution is 2.23. The molecule has 4 aromatic rings. The second-order valence-corrected chi connectivity index (χ2v) is 7.88. The zero-order chi connectivity index (χ0) is 23.0. The molecule has 8 heteroatoms. The first kappa shape index (κ1) is 21.7. The number of hydrazone groups is 1. The highest BCUT2D eigenvalue weighted by atomic mass is 32.1. The van der Waals surface area contributed by atoms with Crippen LogP contribution in [0.5, 0.6) is 0 Å². The second kappa shape index (κ2) is 10.2. The van der Waals surface area contributed by atoms with Crippen molar-refractivity contribution in [3.05, 3.63) is 101 Å². The molecule has 0 saturated carbocycles. The van der Waals surface area contributed by atoms with Gasteiger partial charge in [-0.3, -0.25) is 14.8 Å². The number of nitrogens with one attached hydrogen (secondary N) is 2. The van der Waals surface area contributed by atoms with E-state index in [0.29, 0.717) is 10.5 Å². The molecule has 1 amide bonds. The van der Waals surface area contributed by atoms with Gasteiger partial charge in [0.2, 0.25) is 10.5 Å². The molecule has 0 atom stereocenters. The number of benzene rings is 3. The highest BCUT2D eigenvalue weighted by molar-refractivity contribution is 7.07. The number of carbonyl (C=O) groups excluding carboxylic acids is 1. The molecular weight excluding hydrogens is 432 g/mol. The molecule has 0 saturated heterocycles. The maximum Gasteiger partial charge on any atom is 0.302 e. The van der Waals surface area contributed by atoms with Gasteiger partial charge in [-0.1, -0.05) is 66.2 Å². The number of aromatic nitrogens is 1. The Balaban J connectivity index is 1.65. The van der Waals surface area contributed by atoms with Crippen molar-refractivity contribution >= 4 is 28.6 Å². The third-order valence-corrected chi connectivity index (χ3v) is 5.54. The molecule has 0 radical (unpaired) electrons. The van der Waals surface area contributed by atoms with Crippen LogP contribution in [-0.4, -0.2) is 16.2 Å². The fourth-order valence-corrected chi connectivity index (χ4v) is 3.92. The number of thiazole rings is 1. The lowest BCUT2D eigenvalue weighted by Crippen LogP contribution is -2.30. The normalized spacial score (nSPS) is 11.6. The molecule has 4 rings (SSSR count). The van der Waals surface area contributed by atoms with E-state index in [4.69, 9.17) is 0 Å². The molecule has 1 heterocycles. The third-order valence-electron chi connectivity index (χ3n) is 4.71. The van der Waals surface area contributed by atoms with Crippen molar-refractivity contribution in [3.8, 4) is 23.0 Å². The van der Waals surface area contributed by atoms with E-state index in [-0.39, 0.29) is 5.71 Å². The lowest BCUT2D eigenvalue weighted by molar-refractivity contribution is -0.114. The second-order valence-electron chi connectivity index (χ2n) is 7.04. The van der Waals surface area contributed by atoms with Crippen molar-refractivity contribution in [2.45, 2.75) is 6.92 Å².